The Morgan fingerprint density at radius 1 is 1.07 bits per heavy atom. The molecule has 0 saturated heterocycles. The molecule has 0 saturated carbocycles. The first kappa shape index (κ1) is 20.6. The van der Waals surface area contributed by atoms with E-state index in [4.69, 9.17) is 0 Å². The molecule has 0 radical (unpaired) electrons. The fourth-order valence-corrected chi connectivity index (χ4v) is 3.97. The Balaban J connectivity index is 1.68. The number of thiophene rings is 1. The van der Waals surface area contributed by atoms with Crippen LogP contribution in [0.4, 0.5) is 15.2 Å². The maximum Gasteiger partial charge on any atom is 0.267 e. The molecule has 0 fully saturated rings. The smallest absolute Gasteiger partial charge is 0.267 e. The van der Waals surface area contributed by atoms with Gasteiger partial charge >= 0.3 is 0 Å². The number of hydrogen-bond acceptors (Lipinski definition) is 6. The van der Waals surface area contributed by atoms with Gasteiger partial charge in [0.25, 0.3) is 5.91 Å². The Bertz CT molecular complexity index is 1080. The van der Waals surface area contributed by atoms with E-state index in [9.17, 15) is 18.8 Å². The van der Waals surface area contributed by atoms with Crippen molar-refractivity contribution >= 4 is 51.2 Å². The van der Waals surface area contributed by atoms with Gasteiger partial charge in [0, 0.05) is 35.4 Å². The normalized spacial score (nSPS) is 10.4. The standard InChI is InChI=1S/C19H17FN4O3S2/c1-10(25)21-8-13-4-6-17(29-13)18(27)24-19-23-16(9-28-19)14-5-3-12(7-15(14)20)22-11(2)26/h3-7,9H,8H2,1-2H3,(H,21,25)(H,22,26)(H,23,24,27). The third kappa shape index (κ3) is 5.46. The van der Waals surface area contributed by atoms with Crippen molar-refractivity contribution in [3.05, 3.63) is 51.3 Å². The van der Waals surface area contributed by atoms with Crippen LogP contribution in [0.25, 0.3) is 11.3 Å². The van der Waals surface area contributed by atoms with Crippen molar-refractivity contribution < 1.29 is 18.8 Å². The number of amides is 3. The molecule has 2 heterocycles. The number of anilines is 2. The number of carbonyl (C=O) groups is 3. The highest BCUT2D eigenvalue weighted by Gasteiger charge is 2.14. The maximum absolute atomic E-state index is 14.4. The molecule has 2 aromatic heterocycles. The largest absolute Gasteiger partial charge is 0.351 e. The highest BCUT2D eigenvalue weighted by Crippen LogP contribution is 2.29. The number of nitrogens with zero attached hydrogens (tertiary/aromatic N) is 1. The Morgan fingerprint density at radius 2 is 1.86 bits per heavy atom. The summed E-state index contributed by atoms with van der Waals surface area (Å²) in [5.41, 5.74) is 1.01. The number of carbonyl (C=O) groups excluding carboxylic acids is 3. The van der Waals surface area contributed by atoms with E-state index in [1.165, 1.54) is 48.7 Å². The number of nitrogens with one attached hydrogen (secondary N) is 3. The van der Waals surface area contributed by atoms with E-state index in [1.807, 2.05) is 0 Å². The Kier molecular flexibility index (Phi) is 6.35. The summed E-state index contributed by atoms with van der Waals surface area (Å²) in [6.07, 6.45) is 0. The minimum atomic E-state index is -0.528. The molecule has 3 N–H and O–H groups in total. The van der Waals surface area contributed by atoms with Crippen LogP contribution in [-0.4, -0.2) is 22.7 Å². The Hall–Kier alpha value is -3.11. The van der Waals surface area contributed by atoms with Crippen LogP contribution < -0.4 is 16.0 Å². The average Bonchev–Trinajstić information content (AvgIpc) is 3.29. The Labute approximate surface area is 174 Å². The molecule has 0 aliphatic carbocycles. The summed E-state index contributed by atoms with van der Waals surface area (Å²) >= 11 is 2.45. The van der Waals surface area contributed by atoms with E-state index in [1.54, 1.807) is 23.6 Å². The van der Waals surface area contributed by atoms with Crippen molar-refractivity contribution in [2.24, 2.45) is 0 Å². The minimum absolute atomic E-state index is 0.142. The van der Waals surface area contributed by atoms with Gasteiger partial charge in [0.1, 0.15) is 5.82 Å². The number of hydrogen-bond donors (Lipinski definition) is 3. The predicted octanol–water partition coefficient (Wildman–Crippen LogP) is 3.86. The molecule has 3 rings (SSSR count). The first-order chi connectivity index (χ1) is 13.8. The minimum Gasteiger partial charge on any atom is -0.351 e. The molecule has 29 heavy (non-hydrogen) atoms. The third-order valence-electron chi connectivity index (χ3n) is 3.69. The molecule has 3 aromatic rings. The SMILES string of the molecule is CC(=O)NCc1ccc(C(=O)Nc2nc(-c3ccc(NC(C)=O)cc3F)cs2)s1. The van der Waals surface area contributed by atoms with Crippen molar-refractivity contribution in [1.82, 2.24) is 10.3 Å². The molecule has 1 aromatic carbocycles. The molecule has 7 nitrogen and oxygen atoms in total. The molecule has 0 aliphatic rings. The van der Waals surface area contributed by atoms with Gasteiger partial charge in [-0.25, -0.2) is 9.37 Å². The summed E-state index contributed by atoms with van der Waals surface area (Å²) in [7, 11) is 0. The topological polar surface area (TPSA) is 100 Å². The van der Waals surface area contributed by atoms with Crippen LogP contribution in [0.5, 0.6) is 0 Å². The summed E-state index contributed by atoms with van der Waals surface area (Å²) in [5.74, 6) is -1.28. The van der Waals surface area contributed by atoms with E-state index in [0.717, 1.165) is 4.88 Å². The number of benzene rings is 1. The lowest BCUT2D eigenvalue weighted by molar-refractivity contribution is -0.119. The van der Waals surface area contributed by atoms with Gasteiger partial charge in [-0.3, -0.25) is 19.7 Å². The maximum atomic E-state index is 14.4. The van der Waals surface area contributed by atoms with Crippen LogP contribution in [0.1, 0.15) is 28.4 Å². The van der Waals surface area contributed by atoms with Crippen molar-refractivity contribution in [3.63, 3.8) is 0 Å². The second kappa shape index (κ2) is 8.93. The molecule has 0 aliphatic heterocycles. The van der Waals surface area contributed by atoms with Crippen molar-refractivity contribution in [2.45, 2.75) is 20.4 Å². The first-order valence-corrected chi connectivity index (χ1v) is 10.2. The van der Waals surface area contributed by atoms with Crippen LogP contribution in [0.15, 0.2) is 35.7 Å². The van der Waals surface area contributed by atoms with Crippen LogP contribution in [0.2, 0.25) is 0 Å². The van der Waals surface area contributed by atoms with Crippen molar-refractivity contribution in [1.29, 1.82) is 0 Å². The molecule has 0 unspecified atom stereocenters. The number of thiazole rings is 1. The second-order valence-electron chi connectivity index (χ2n) is 6.04. The van der Waals surface area contributed by atoms with Gasteiger partial charge in [-0.05, 0) is 30.3 Å². The van der Waals surface area contributed by atoms with E-state index in [2.05, 4.69) is 20.9 Å². The second-order valence-corrected chi connectivity index (χ2v) is 8.07. The molecule has 0 bridgehead atoms. The van der Waals surface area contributed by atoms with E-state index in [-0.39, 0.29) is 23.3 Å². The molecular formula is C19H17FN4O3S2. The van der Waals surface area contributed by atoms with Gasteiger partial charge in [-0.2, -0.15) is 0 Å². The van der Waals surface area contributed by atoms with Gasteiger partial charge in [-0.15, -0.1) is 22.7 Å². The molecule has 150 valence electrons. The van der Waals surface area contributed by atoms with E-state index >= 15 is 0 Å². The van der Waals surface area contributed by atoms with Gasteiger partial charge in [0.15, 0.2) is 5.13 Å². The predicted molar refractivity (Wildman–Crippen MR) is 112 cm³/mol. The van der Waals surface area contributed by atoms with Gasteiger partial charge in [-0.1, -0.05) is 0 Å². The van der Waals surface area contributed by atoms with Crippen LogP contribution >= 0.6 is 22.7 Å². The molecule has 0 spiro atoms. The molecule has 3 amide bonds. The van der Waals surface area contributed by atoms with Crippen LogP contribution in [0, 0.1) is 5.82 Å². The van der Waals surface area contributed by atoms with Gasteiger partial charge in [0.2, 0.25) is 11.8 Å². The zero-order valence-corrected chi connectivity index (χ0v) is 17.2. The highest BCUT2D eigenvalue weighted by molar-refractivity contribution is 7.15. The number of aromatic nitrogens is 1. The van der Waals surface area contributed by atoms with Crippen LogP contribution in [0.3, 0.4) is 0 Å². The highest BCUT2D eigenvalue weighted by atomic mass is 32.1. The lowest BCUT2D eigenvalue weighted by atomic mass is 10.1. The lowest BCUT2D eigenvalue weighted by Gasteiger charge is -2.05. The summed E-state index contributed by atoms with van der Waals surface area (Å²) in [5, 5.41) is 9.87. The number of halogens is 1. The lowest BCUT2D eigenvalue weighted by Crippen LogP contribution is -2.18. The summed E-state index contributed by atoms with van der Waals surface area (Å²) in [4.78, 5) is 40.0. The number of rotatable bonds is 6. The fourth-order valence-electron chi connectivity index (χ4n) is 2.42. The van der Waals surface area contributed by atoms with Crippen LogP contribution in [-0.2, 0) is 16.1 Å². The van der Waals surface area contributed by atoms with Crippen molar-refractivity contribution in [2.75, 3.05) is 10.6 Å². The third-order valence-corrected chi connectivity index (χ3v) is 5.53. The fraction of sp³-hybridized carbons (Fsp3) is 0.158. The van der Waals surface area contributed by atoms with E-state index in [0.29, 0.717) is 27.9 Å². The summed E-state index contributed by atoms with van der Waals surface area (Å²) < 4.78 is 14.4. The molecule has 10 heteroatoms. The zero-order valence-electron chi connectivity index (χ0n) is 15.5. The quantitative estimate of drug-likeness (QED) is 0.551. The first-order valence-electron chi connectivity index (χ1n) is 8.49. The average molecular weight is 433 g/mol. The van der Waals surface area contributed by atoms with Crippen molar-refractivity contribution in [3.8, 4) is 11.3 Å². The summed E-state index contributed by atoms with van der Waals surface area (Å²) in [6.45, 7) is 3.14. The van der Waals surface area contributed by atoms with E-state index < -0.39 is 5.82 Å². The zero-order chi connectivity index (χ0) is 21.0. The molecular weight excluding hydrogens is 415 g/mol. The summed E-state index contributed by atoms with van der Waals surface area (Å²) in [6, 6.07) is 7.77. The molecule has 0 atom stereocenters. The van der Waals surface area contributed by atoms with Gasteiger partial charge < -0.3 is 10.6 Å². The monoisotopic (exact) mass is 432 g/mol. The van der Waals surface area contributed by atoms with Gasteiger partial charge in [0.05, 0.1) is 17.1 Å². The Morgan fingerprint density at radius 3 is 2.55 bits per heavy atom.